The van der Waals surface area contributed by atoms with Crippen molar-refractivity contribution in [2.45, 2.75) is 13.3 Å². The summed E-state index contributed by atoms with van der Waals surface area (Å²) in [6.07, 6.45) is 0.844. The molecule has 0 atom stereocenters. The summed E-state index contributed by atoms with van der Waals surface area (Å²) in [5.74, 6) is 1.51. The maximum atomic E-state index is 5.95. The van der Waals surface area contributed by atoms with Crippen LogP contribution in [0.5, 0.6) is 17.5 Å². The molecule has 1 aromatic carbocycles. The van der Waals surface area contributed by atoms with Crippen molar-refractivity contribution in [2.24, 2.45) is 0 Å². The predicted octanol–water partition coefficient (Wildman–Crippen LogP) is 3.00. The molecule has 0 fully saturated rings. The minimum atomic E-state index is 0.0547. The first-order chi connectivity index (χ1) is 10.2. The number of halogens is 1. The molecule has 0 saturated carbocycles. The molecule has 7 heteroatoms. The van der Waals surface area contributed by atoms with Crippen LogP contribution in [0.3, 0.4) is 0 Å². The van der Waals surface area contributed by atoms with E-state index < -0.39 is 0 Å². The fourth-order valence-corrected chi connectivity index (χ4v) is 1.93. The van der Waals surface area contributed by atoms with Crippen LogP contribution in [0.2, 0.25) is 5.28 Å². The second-order valence-corrected chi connectivity index (χ2v) is 4.43. The van der Waals surface area contributed by atoms with Crippen LogP contribution in [0.1, 0.15) is 13.3 Å². The molecule has 0 unspecified atom stereocenters. The van der Waals surface area contributed by atoms with Gasteiger partial charge in [-0.1, -0.05) is 13.0 Å². The number of aromatic nitrogens is 3. The first kappa shape index (κ1) is 15.3. The zero-order valence-corrected chi connectivity index (χ0v) is 12.8. The third-order valence-corrected chi connectivity index (χ3v) is 2.84. The number of nitrogens with zero attached hydrogens (tertiary/aromatic N) is 3. The summed E-state index contributed by atoms with van der Waals surface area (Å²) in [5.41, 5.74) is 0.605. The van der Waals surface area contributed by atoms with Gasteiger partial charge in [-0.15, -0.1) is 0 Å². The van der Waals surface area contributed by atoms with Crippen molar-refractivity contribution in [1.82, 2.24) is 15.0 Å². The smallest absolute Gasteiger partial charge is 0.321 e. The molecule has 0 amide bonds. The van der Waals surface area contributed by atoms with Gasteiger partial charge >= 0.3 is 6.01 Å². The second-order valence-electron chi connectivity index (χ2n) is 4.10. The van der Waals surface area contributed by atoms with Crippen LogP contribution in [0, 0.1) is 0 Å². The summed E-state index contributed by atoms with van der Waals surface area (Å²) < 4.78 is 16.1. The lowest BCUT2D eigenvalue weighted by atomic mass is 10.1. The fraction of sp³-hybridized carbons (Fsp3) is 0.357. The van der Waals surface area contributed by atoms with Gasteiger partial charge in [-0.3, -0.25) is 0 Å². The van der Waals surface area contributed by atoms with Gasteiger partial charge in [0.25, 0.3) is 0 Å². The van der Waals surface area contributed by atoms with E-state index in [2.05, 4.69) is 15.0 Å². The Balaban J connectivity index is 2.53. The minimum Gasteiger partial charge on any atom is -0.496 e. The lowest BCUT2D eigenvalue weighted by Crippen LogP contribution is -2.04. The van der Waals surface area contributed by atoms with Crippen molar-refractivity contribution < 1.29 is 14.2 Å². The average Bonchev–Trinajstić information content (AvgIpc) is 2.51. The number of rotatable bonds is 6. The molecule has 1 heterocycles. The fourth-order valence-electron chi connectivity index (χ4n) is 1.77. The molecular weight excluding hydrogens is 294 g/mol. The Labute approximate surface area is 128 Å². The van der Waals surface area contributed by atoms with Crippen LogP contribution < -0.4 is 14.2 Å². The van der Waals surface area contributed by atoms with Crippen LogP contribution in [0.25, 0.3) is 11.4 Å². The maximum absolute atomic E-state index is 5.95. The Kier molecular flexibility index (Phi) is 5.16. The van der Waals surface area contributed by atoms with Crippen LogP contribution in [0.15, 0.2) is 18.2 Å². The van der Waals surface area contributed by atoms with Gasteiger partial charge in [0.2, 0.25) is 5.28 Å². The molecule has 0 bridgehead atoms. The van der Waals surface area contributed by atoms with Crippen molar-refractivity contribution in [2.75, 3.05) is 20.8 Å². The topological polar surface area (TPSA) is 66.4 Å². The molecule has 21 heavy (non-hydrogen) atoms. The predicted molar refractivity (Wildman–Crippen MR) is 79.2 cm³/mol. The zero-order chi connectivity index (χ0) is 15.2. The van der Waals surface area contributed by atoms with Crippen LogP contribution in [-0.4, -0.2) is 35.8 Å². The molecule has 0 radical (unpaired) electrons. The highest BCUT2D eigenvalue weighted by atomic mass is 35.5. The molecular formula is C14H16ClN3O3. The van der Waals surface area contributed by atoms with E-state index in [0.717, 1.165) is 6.42 Å². The minimum absolute atomic E-state index is 0.0547. The van der Waals surface area contributed by atoms with Gasteiger partial charge in [-0.25, -0.2) is 0 Å². The van der Waals surface area contributed by atoms with Gasteiger partial charge in [-0.2, -0.15) is 15.0 Å². The SMILES string of the molecule is CCCOc1nc(Cl)nc(-c2c(OC)cccc2OC)n1. The Hall–Kier alpha value is -2.08. The van der Waals surface area contributed by atoms with Crippen molar-refractivity contribution >= 4 is 11.6 Å². The number of benzene rings is 1. The molecule has 0 spiro atoms. The quantitative estimate of drug-likeness (QED) is 0.817. The van der Waals surface area contributed by atoms with Crippen molar-refractivity contribution in [3.05, 3.63) is 23.5 Å². The average molecular weight is 310 g/mol. The van der Waals surface area contributed by atoms with E-state index in [-0.39, 0.29) is 11.3 Å². The molecule has 0 aliphatic rings. The molecule has 0 aliphatic carbocycles. The van der Waals surface area contributed by atoms with Gasteiger partial charge in [-0.05, 0) is 30.2 Å². The standard InChI is InChI=1S/C14H16ClN3O3/c1-4-8-21-14-17-12(16-13(15)18-14)11-9(19-2)6-5-7-10(11)20-3/h5-7H,4,8H2,1-3H3. The Morgan fingerprint density at radius 2 is 1.71 bits per heavy atom. The summed E-state index contributed by atoms with van der Waals surface area (Å²) in [5, 5.41) is 0.0547. The number of methoxy groups -OCH3 is 2. The molecule has 6 nitrogen and oxygen atoms in total. The molecule has 0 saturated heterocycles. The van der Waals surface area contributed by atoms with Crippen molar-refractivity contribution in [3.8, 4) is 28.9 Å². The molecule has 2 rings (SSSR count). The normalized spacial score (nSPS) is 10.3. The molecule has 0 aliphatic heterocycles. The van der Waals surface area contributed by atoms with E-state index >= 15 is 0 Å². The van der Waals surface area contributed by atoms with E-state index in [1.54, 1.807) is 26.4 Å². The Morgan fingerprint density at radius 3 is 2.29 bits per heavy atom. The highest BCUT2D eigenvalue weighted by Crippen LogP contribution is 2.36. The lowest BCUT2D eigenvalue weighted by molar-refractivity contribution is 0.291. The van der Waals surface area contributed by atoms with Gasteiger partial charge < -0.3 is 14.2 Å². The third kappa shape index (κ3) is 3.52. The molecule has 112 valence electrons. The third-order valence-electron chi connectivity index (χ3n) is 2.67. The van der Waals surface area contributed by atoms with Crippen LogP contribution in [-0.2, 0) is 0 Å². The molecule has 1 aromatic heterocycles. The molecule has 2 aromatic rings. The van der Waals surface area contributed by atoms with E-state index in [1.807, 2.05) is 13.0 Å². The monoisotopic (exact) mass is 309 g/mol. The highest BCUT2D eigenvalue weighted by molar-refractivity contribution is 6.28. The van der Waals surface area contributed by atoms with Gasteiger partial charge in [0.15, 0.2) is 5.82 Å². The van der Waals surface area contributed by atoms with E-state index in [9.17, 15) is 0 Å². The summed E-state index contributed by atoms with van der Waals surface area (Å²) in [6, 6.07) is 5.59. The largest absolute Gasteiger partial charge is 0.496 e. The number of hydrogen-bond acceptors (Lipinski definition) is 6. The second kappa shape index (κ2) is 7.08. The van der Waals surface area contributed by atoms with Crippen molar-refractivity contribution in [1.29, 1.82) is 0 Å². The van der Waals surface area contributed by atoms with E-state index in [0.29, 0.717) is 29.5 Å². The highest BCUT2D eigenvalue weighted by Gasteiger charge is 2.17. The van der Waals surface area contributed by atoms with Gasteiger partial charge in [0.1, 0.15) is 17.1 Å². The first-order valence-corrected chi connectivity index (χ1v) is 6.83. The summed E-state index contributed by atoms with van der Waals surface area (Å²) in [7, 11) is 3.13. The van der Waals surface area contributed by atoms with Gasteiger partial charge in [0, 0.05) is 0 Å². The van der Waals surface area contributed by atoms with Crippen LogP contribution >= 0.6 is 11.6 Å². The first-order valence-electron chi connectivity index (χ1n) is 6.45. The molecule has 0 N–H and O–H groups in total. The van der Waals surface area contributed by atoms with Crippen LogP contribution in [0.4, 0.5) is 0 Å². The van der Waals surface area contributed by atoms with E-state index in [1.165, 1.54) is 0 Å². The van der Waals surface area contributed by atoms with Gasteiger partial charge in [0.05, 0.1) is 20.8 Å². The summed E-state index contributed by atoms with van der Waals surface area (Å²) in [6.45, 7) is 2.50. The number of ether oxygens (including phenoxy) is 3. The summed E-state index contributed by atoms with van der Waals surface area (Å²) >= 11 is 5.95. The zero-order valence-electron chi connectivity index (χ0n) is 12.1. The Morgan fingerprint density at radius 1 is 1.05 bits per heavy atom. The van der Waals surface area contributed by atoms with Crippen molar-refractivity contribution in [3.63, 3.8) is 0 Å². The number of hydrogen-bond donors (Lipinski definition) is 0. The Bertz CT molecular complexity index is 600. The van der Waals surface area contributed by atoms with E-state index in [4.69, 9.17) is 25.8 Å². The lowest BCUT2D eigenvalue weighted by Gasteiger charge is -2.12. The summed E-state index contributed by atoms with van der Waals surface area (Å²) in [4.78, 5) is 12.3. The maximum Gasteiger partial charge on any atom is 0.321 e.